The first-order valence-corrected chi connectivity index (χ1v) is 10.3. The standard InChI is InChI=1S/C23H30N2O/c26-23(24-21-12-2-1-3-13-21)20-11-7-15-25(17-20)16-19-10-6-9-18-8-4-5-14-22(18)19/h4-6,8-10,14,20-21H,1-3,7,11-13,15-17H2,(H,24,26). The van der Waals surface area contributed by atoms with Crippen LogP contribution >= 0.6 is 0 Å². The summed E-state index contributed by atoms with van der Waals surface area (Å²) >= 11 is 0. The molecule has 1 unspecified atom stereocenters. The topological polar surface area (TPSA) is 32.3 Å². The van der Waals surface area contributed by atoms with Crippen molar-refractivity contribution in [2.45, 2.75) is 57.5 Å². The normalized spacial score (nSPS) is 22.4. The van der Waals surface area contributed by atoms with Crippen LogP contribution < -0.4 is 5.32 Å². The molecule has 0 bridgehead atoms. The van der Waals surface area contributed by atoms with Crippen molar-refractivity contribution in [3.63, 3.8) is 0 Å². The quantitative estimate of drug-likeness (QED) is 0.880. The van der Waals surface area contributed by atoms with Gasteiger partial charge in [-0.05, 0) is 48.6 Å². The first-order valence-electron chi connectivity index (χ1n) is 10.3. The third-order valence-electron chi connectivity index (χ3n) is 6.10. The van der Waals surface area contributed by atoms with E-state index in [1.54, 1.807) is 0 Å². The van der Waals surface area contributed by atoms with E-state index >= 15 is 0 Å². The number of amides is 1. The number of hydrogen-bond donors (Lipinski definition) is 1. The molecule has 1 saturated carbocycles. The average molecular weight is 351 g/mol. The average Bonchev–Trinajstić information content (AvgIpc) is 2.69. The van der Waals surface area contributed by atoms with Crippen molar-refractivity contribution in [1.29, 1.82) is 0 Å². The van der Waals surface area contributed by atoms with Crippen molar-refractivity contribution >= 4 is 16.7 Å². The van der Waals surface area contributed by atoms with Crippen molar-refractivity contribution in [1.82, 2.24) is 10.2 Å². The molecule has 3 nitrogen and oxygen atoms in total. The largest absolute Gasteiger partial charge is 0.353 e. The van der Waals surface area contributed by atoms with Gasteiger partial charge in [-0.15, -0.1) is 0 Å². The Morgan fingerprint density at radius 3 is 2.65 bits per heavy atom. The van der Waals surface area contributed by atoms with Crippen molar-refractivity contribution in [2.24, 2.45) is 5.92 Å². The number of fused-ring (bicyclic) bond motifs is 1. The van der Waals surface area contributed by atoms with Crippen LogP contribution in [0.4, 0.5) is 0 Å². The number of carbonyl (C=O) groups is 1. The summed E-state index contributed by atoms with van der Waals surface area (Å²) in [6.45, 7) is 2.92. The van der Waals surface area contributed by atoms with Crippen LogP contribution in [0.15, 0.2) is 42.5 Å². The van der Waals surface area contributed by atoms with Crippen LogP contribution in [-0.4, -0.2) is 29.9 Å². The Kier molecular flexibility index (Phi) is 5.54. The third-order valence-corrected chi connectivity index (χ3v) is 6.10. The van der Waals surface area contributed by atoms with Crippen LogP contribution in [0.5, 0.6) is 0 Å². The molecule has 26 heavy (non-hydrogen) atoms. The molecule has 2 aromatic carbocycles. The van der Waals surface area contributed by atoms with Crippen LogP contribution in [0.25, 0.3) is 10.8 Å². The minimum Gasteiger partial charge on any atom is -0.353 e. The maximum atomic E-state index is 12.7. The molecule has 0 spiro atoms. The van der Waals surface area contributed by atoms with E-state index in [4.69, 9.17) is 0 Å². The smallest absolute Gasteiger partial charge is 0.224 e. The number of carbonyl (C=O) groups excluding carboxylic acids is 1. The van der Waals surface area contributed by atoms with E-state index in [0.717, 1.165) is 45.3 Å². The Morgan fingerprint density at radius 2 is 1.77 bits per heavy atom. The van der Waals surface area contributed by atoms with Gasteiger partial charge in [0.1, 0.15) is 0 Å². The lowest BCUT2D eigenvalue weighted by Crippen LogP contribution is -2.46. The Labute approximate surface area is 156 Å². The molecule has 138 valence electrons. The Morgan fingerprint density at radius 1 is 0.962 bits per heavy atom. The molecular weight excluding hydrogens is 320 g/mol. The molecule has 1 heterocycles. The molecule has 3 heteroatoms. The molecule has 2 fully saturated rings. The van der Waals surface area contributed by atoms with E-state index in [9.17, 15) is 4.79 Å². The van der Waals surface area contributed by atoms with Crippen molar-refractivity contribution < 1.29 is 4.79 Å². The fourth-order valence-electron chi connectivity index (χ4n) is 4.65. The number of benzene rings is 2. The second kappa shape index (κ2) is 8.22. The fourth-order valence-corrected chi connectivity index (χ4v) is 4.65. The maximum absolute atomic E-state index is 12.7. The zero-order valence-electron chi connectivity index (χ0n) is 15.6. The van der Waals surface area contributed by atoms with Crippen LogP contribution in [0.2, 0.25) is 0 Å². The van der Waals surface area contributed by atoms with Crippen molar-refractivity contribution in [3.05, 3.63) is 48.0 Å². The second-order valence-electron chi connectivity index (χ2n) is 8.06. The molecule has 0 radical (unpaired) electrons. The lowest BCUT2D eigenvalue weighted by atomic mass is 9.92. The van der Waals surface area contributed by atoms with E-state index in [2.05, 4.69) is 52.7 Å². The molecule has 1 atom stereocenters. The predicted molar refractivity (Wildman–Crippen MR) is 107 cm³/mol. The van der Waals surface area contributed by atoms with E-state index in [1.165, 1.54) is 35.6 Å². The van der Waals surface area contributed by atoms with Crippen LogP contribution in [0.3, 0.4) is 0 Å². The zero-order valence-corrected chi connectivity index (χ0v) is 15.6. The zero-order chi connectivity index (χ0) is 17.8. The van der Waals surface area contributed by atoms with Crippen molar-refractivity contribution in [3.8, 4) is 0 Å². The monoisotopic (exact) mass is 350 g/mol. The van der Waals surface area contributed by atoms with Crippen LogP contribution in [0, 0.1) is 5.92 Å². The molecule has 1 aliphatic carbocycles. The molecule has 0 aromatic heterocycles. The van der Waals surface area contributed by atoms with Gasteiger partial charge in [-0.25, -0.2) is 0 Å². The SMILES string of the molecule is O=C(NC1CCCCC1)C1CCCN(Cc2cccc3ccccc23)C1. The van der Waals surface area contributed by atoms with E-state index < -0.39 is 0 Å². The van der Waals surface area contributed by atoms with Gasteiger partial charge >= 0.3 is 0 Å². The first kappa shape index (κ1) is 17.5. The highest BCUT2D eigenvalue weighted by Gasteiger charge is 2.27. The summed E-state index contributed by atoms with van der Waals surface area (Å²) < 4.78 is 0. The van der Waals surface area contributed by atoms with Gasteiger partial charge in [-0.3, -0.25) is 9.69 Å². The minimum atomic E-state index is 0.153. The first-order chi connectivity index (χ1) is 12.8. The molecule has 4 rings (SSSR count). The Bertz CT molecular complexity index is 745. The summed E-state index contributed by atoms with van der Waals surface area (Å²) in [4.78, 5) is 15.2. The van der Waals surface area contributed by atoms with Gasteiger partial charge in [0, 0.05) is 19.1 Å². The number of rotatable bonds is 4. The van der Waals surface area contributed by atoms with Gasteiger partial charge in [0.2, 0.25) is 5.91 Å². The molecular formula is C23H30N2O. The molecule has 1 aliphatic heterocycles. The summed E-state index contributed by atoms with van der Waals surface area (Å²) in [5, 5.41) is 5.97. The number of likely N-dealkylation sites (tertiary alicyclic amines) is 1. The van der Waals surface area contributed by atoms with Crippen LogP contribution in [0.1, 0.15) is 50.5 Å². The summed E-state index contributed by atoms with van der Waals surface area (Å²) in [6.07, 6.45) is 8.34. The highest BCUT2D eigenvalue weighted by Crippen LogP contribution is 2.24. The summed E-state index contributed by atoms with van der Waals surface area (Å²) in [5.74, 6) is 0.445. The lowest BCUT2D eigenvalue weighted by molar-refractivity contribution is -0.127. The minimum absolute atomic E-state index is 0.153. The van der Waals surface area contributed by atoms with Gasteiger partial charge < -0.3 is 5.32 Å². The second-order valence-corrected chi connectivity index (χ2v) is 8.06. The predicted octanol–water partition coefficient (Wildman–Crippen LogP) is 4.50. The summed E-state index contributed by atoms with van der Waals surface area (Å²) in [7, 11) is 0. The van der Waals surface area contributed by atoms with E-state index in [1.807, 2.05) is 0 Å². The Hall–Kier alpha value is -1.87. The van der Waals surface area contributed by atoms with E-state index in [0.29, 0.717) is 11.9 Å². The molecule has 1 amide bonds. The highest BCUT2D eigenvalue weighted by molar-refractivity contribution is 5.85. The van der Waals surface area contributed by atoms with Crippen molar-refractivity contribution in [2.75, 3.05) is 13.1 Å². The van der Waals surface area contributed by atoms with E-state index in [-0.39, 0.29) is 5.92 Å². The summed E-state index contributed by atoms with van der Waals surface area (Å²) in [5.41, 5.74) is 1.37. The molecule has 2 aliphatic rings. The van der Waals surface area contributed by atoms with Crippen LogP contribution in [-0.2, 0) is 11.3 Å². The Balaban J connectivity index is 1.39. The third kappa shape index (κ3) is 4.09. The lowest BCUT2D eigenvalue weighted by Gasteiger charge is -2.33. The highest BCUT2D eigenvalue weighted by atomic mass is 16.2. The fraction of sp³-hybridized carbons (Fsp3) is 0.522. The number of hydrogen-bond acceptors (Lipinski definition) is 2. The van der Waals surface area contributed by atoms with Gasteiger partial charge in [-0.1, -0.05) is 61.7 Å². The van der Waals surface area contributed by atoms with Gasteiger partial charge in [0.15, 0.2) is 0 Å². The number of nitrogens with zero attached hydrogens (tertiary/aromatic N) is 1. The van der Waals surface area contributed by atoms with Gasteiger partial charge in [0.05, 0.1) is 5.92 Å². The van der Waals surface area contributed by atoms with Gasteiger partial charge in [-0.2, -0.15) is 0 Å². The number of piperidine rings is 1. The number of nitrogens with one attached hydrogen (secondary N) is 1. The summed E-state index contributed by atoms with van der Waals surface area (Å²) in [6, 6.07) is 15.6. The molecule has 2 aromatic rings. The van der Waals surface area contributed by atoms with Gasteiger partial charge in [0.25, 0.3) is 0 Å². The maximum Gasteiger partial charge on any atom is 0.224 e. The molecule has 1 N–H and O–H groups in total. The molecule has 1 saturated heterocycles.